The van der Waals surface area contributed by atoms with E-state index in [1.165, 1.54) is 11.6 Å². The first-order valence-electron chi connectivity index (χ1n) is 2.90. The van der Waals surface area contributed by atoms with Crippen LogP contribution in [0.1, 0.15) is 11.1 Å². The highest BCUT2D eigenvalue weighted by molar-refractivity contribution is 7.08. The third-order valence-electron chi connectivity index (χ3n) is 1.28. The summed E-state index contributed by atoms with van der Waals surface area (Å²) in [6.07, 6.45) is 1.51. The average molecular weight is 153 g/mol. The van der Waals surface area contributed by atoms with Crippen molar-refractivity contribution < 1.29 is 4.79 Å². The van der Waals surface area contributed by atoms with E-state index < -0.39 is 0 Å². The maximum Gasteiger partial charge on any atom is 0.235 e. The first-order valence-corrected chi connectivity index (χ1v) is 3.84. The highest BCUT2D eigenvalue weighted by Crippen LogP contribution is 2.13. The molecule has 3 heteroatoms. The van der Waals surface area contributed by atoms with Gasteiger partial charge in [-0.2, -0.15) is 11.3 Å². The Morgan fingerprint density at radius 2 is 2.50 bits per heavy atom. The molecule has 0 unspecified atom stereocenters. The van der Waals surface area contributed by atoms with E-state index in [9.17, 15) is 4.79 Å². The van der Waals surface area contributed by atoms with Crippen LogP contribution < -0.4 is 0 Å². The van der Waals surface area contributed by atoms with E-state index in [4.69, 9.17) is 0 Å². The van der Waals surface area contributed by atoms with Crippen molar-refractivity contribution in [2.75, 3.05) is 0 Å². The average Bonchev–Trinajstić information content (AvgIpc) is 2.31. The van der Waals surface area contributed by atoms with Gasteiger partial charge in [0.2, 0.25) is 6.08 Å². The third kappa shape index (κ3) is 1.53. The quantitative estimate of drug-likeness (QED) is 0.471. The highest BCUT2D eigenvalue weighted by Gasteiger charge is 1.95. The maximum atomic E-state index is 9.72. The first kappa shape index (κ1) is 7.19. The van der Waals surface area contributed by atoms with Crippen LogP contribution in [0.25, 0.3) is 0 Å². The van der Waals surface area contributed by atoms with Crippen molar-refractivity contribution in [1.29, 1.82) is 0 Å². The van der Waals surface area contributed by atoms with Gasteiger partial charge in [0.05, 0.1) is 6.54 Å². The standard InChI is InChI=1S/C7H7NOS/c1-6-3-10-4-7(6)2-8-5-9/h3-4H,2H2,1H3. The van der Waals surface area contributed by atoms with Crippen molar-refractivity contribution in [3.05, 3.63) is 21.9 Å². The molecule has 1 aromatic rings. The van der Waals surface area contributed by atoms with Gasteiger partial charge < -0.3 is 0 Å². The molecular weight excluding hydrogens is 146 g/mol. The number of aliphatic imine (C=N–C) groups is 1. The van der Waals surface area contributed by atoms with Crippen LogP contribution in [0.15, 0.2) is 15.8 Å². The number of thiophene rings is 1. The molecule has 0 radical (unpaired) electrons. The second-order valence-electron chi connectivity index (χ2n) is 1.99. The zero-order valence-electron chi connectivity index (χ0n) is 5.63. The number of hydrogen-bond acceptors (Lipinski definition) is 3. The molecule has 1 rings (SSSR count). The fourth-order valence-corrected chi connectivity index (χ4v) is 1.51. The predicted molar refractivity (Wildman–Crippen MR) is 40.9 cm³/mol. The molecule has 0 fully saturated rings. The molecule has 0 saturated heterocycles. The second kappa shape index (κ2) is 3.30. The van der Waals surface area contributed by atoms with Crippen LogP contribution in [0, 0.1) is 6.92 Å². The van der Waals surface area contributed by atoms with Gasteiger partial charge >= 0.3 is 0 Å². The lowest BCUT2D eigenvalue weighted by Gasteiger charge is -1.88. The van der Waals surface area contributed by atoms with E-state index in [2.05, 4.69) is 4.99 Å². The summed E-state index contributed by atoms with van der Waals surface area (Å²) in [7, 11) is 0. The van der Waals surface area contributed by atoms with Crippen LogP contribution >= 0.6 is 11.3 Å². The number of hydrogen-bond donors (Lipinski definition) is 0. The van der Waals surface area contributed by atoms with Gasteiger partial charge in [-0.3, -0.25) is 0 Å². The Hall–Kier alpha value is -0.920. The second-order valence-corrected chi connectivity index (χ2v) is 2.73. The summed E-state index contributed by atoms with van der Waals surface area (Å²) >= 11 is 1.63. The van der Waals surface area contributed by atoms with E-state index in [0.29, 0.717) is 6.54 Å². The van der Waals surface area contributed by atoms with Crippen LogP contribution in [0.2, 0.25) is 0 Å². The minimum absolute atomic E-state index is 0.471. The summed E-state index contributed by atoms with van der Waals surface area (Å²) in [4.78, 5) is 13.2. The topological polar surface area (TPSA) is 29.4 Å². The fraction of sp³-hybridized carbons (Fsp3) is 0.286. The first-order chi connectivity index (χ1) is 4.84. The third-order valence-corrected chi connectivity index (χ3v) is 2.19. The van der Waals surface area contributed by atoms with Gasteiger partial charge in [-0.1, -0.05) is 0 Å². The zero-order valence-corrected chi connectivity index (χ0v) is 6.44. The van der Waals surface area contributed by atoms with Crippen molar-refractivity contribution in [3.63, 3.8) is 0 Å². The SMILES string of the molecule is Cc1cscc1CN=C=O. The molecule has 0 N–H and O–H groups in total. The minimum Gasteiger partial charge on any atom is -0.211 e. The summed E-state index contributed by atoms with van der Waals surface area (Å²) in [5, 5.41) is 4.03. The number of rotatable bonds is 2. The van der Waals surface area contributed by atoms with Crippen LogP contribution in [-0.2, 0) is 11.3 Å². The van der Waals surface area contributed by atoms with E-state index in [-0.39, 0.29) is 0 Å². The number of nitrogens with zero attached hydrogens (tertiary/aromatic N) is 1. The Balaban J connectivity index is 2.74. The minimum atomic E-state index is 0.471. The molecule has 0 saturated carbocycles. The molecule has 0 aromatic carbocycles. The van der Waals surface area contributed by atoms with E-state index in [1.54, 1.807) is 11.3 Å². The van der Waals surface area contributed by atoms with Gasteiger partial charge in [0.15, 0.2) is 0 Å². The Bertz CT molecular complexity index is 260. The van der Waals surface area contributed by atoms with Crippen molar-refractivity contribution in [1.82, 2.24) is 0 Å². The summed E-state index contributed by atoms with van der Waals surface area (Å²) in [6.45, 7) is 2.48. The fourth-order valence-electron chi connectivity index (χ4n) is 0.666. The lowest BCUT2D eigenvalue weighted by molar-refractivity contribution is 0.563. The molecule has 0 amide bonds. The van der Waals surface area contributed by atoms with Gasteiger partial charge in [0, 0.05) is 0 Å². The molecule has 0 aliphatic heterocycles. The normalized spacial score (nSPS) is 8.90. The van der Waals surface area contributed by atoms with E-state index in [0.717, 1.165) is 5.56 Å². The Labute approximate surface area is 63.2 Å². The lowest BCUT2D eigenvalue weighted by Crippen LogP contribution is -1.78. The van der Waals surface area contributed by atoms with E-state index >= 15 is 0 Å². The summed E-state index contributed by atoms with van der Waals surface area (Å²) in [6, 6.07) is 0. The number of aryl methyl sites for hydroxylation is 1. The molecule has 10 heavy (non-hydrogen) atoms. The van der Waals surface area contributed by atoms with Crippen molar-refractivity contribution in [2.24, 2.45) is 4.99 Å². The summed E-state index contributed by atoms with van der Waals surface area (Å²) in [5.41, 5.74) is 2.32. The summed E-state index contributed by atoms with van der Waals surface area (Å²) < 4.78 is 0. The van der Waals surface area contributed by atoms with Gasteiger partial charge in [0.25, 0.3) is 0 Å². The molecule has 1 heterocycles. The molecule has 2 nitrogen and oxygen atoms in total. The van der Waals surface area contributed by atoms with Crippen molar-refractivity contribution in [3.8, 4) is 0 Å². The maximum absolute atomic E-state index is 9.72. The number of isocyanates is 1. The Morgan fingerprint density at radius 1 is 1.70 bits per heavy atom. The molecule has 52 valence electrons. The number of carbonyl (C=O) groups excluding carboxylic acids is 1. The summed E-state index contributed by atoms with van der Waals surface area (Å²) in [5.74, 6) is 0. The largest absolute Gasteiger partial charge is 0.235 e. The van der Waals surface area contributed by atoms with Crippen molar-refractivity contribution in [2.45, 2.75) is 13.5 Å². The van der Waals surface area contributed by atoms with Crippen LogP contribution in [0.5, 0.6) is 0 Å². The lowest BCUT2D eigenvalue weighted by atomic mass is 10.2. The molecule has 0 aliphatic rings. The van der Waals surface area contributed by atoms with Gasteiger partial charge in [-0.25, -0.2) is 9.79 Å². The molecule has 0 atom stereocenters. The smallest absolute Gasteiger partial charge is 0.211 e. The molecular formula is C7H7NOS. The Kier molecular flexibility index (Phi) is 2.37. The predicted octanol–water partition coefficient (Wildman–Crippen LogP) is 1.89. The van der Waals surface area contributed by atoms with Gasteiger partial charge in [-0.05, 0) is 28.8 Å². The monoisotopic (exact) mass is 153 g/mol. The molecule has 0 bridgehead atoms. The Morgan fingerprint density at radius 3 is 3.00 bits per heavy atom. The van der Waals surface area contributed by atoms with Gasteiger partial charge in [0.1, 0.15) is 0 Å². The van der Waals surface area contributed by atoms with Crippen molar-refractivity contribution >= 4 is 17.4 Å². The van der Waals surface area contributed by atoms with Crippen LogP contribution in [0.4, 0.5) is 0 Å². The molecule has 1 aromatic heterocycles. The molecule has 0 spiro atoms. The van der Waals surface area contributed by atoms with Gasteiger partial charge in [-0.15, -0.1) is 0 Å². The van der Waals surface area contributed by atoms with Crippen LogP contribution in [-0.4, -0.2) is 6.08 Å². The zero-order chi connectivity index (χ0) is 7.40. The molecule has 0 aliphatic carbocycles. The van der Waals surface area contributed by atoms with Crippen LogP contribution in [0.3, 0.4) is 0 Å². The van der Waals surface area contributed by atoms with E-state index in [1.807, 2.05) is 17.7 Å². The highest BCUT2D eigenvalue weighted by atomic mass is 32.1.